The molecular weight excluding hydrogens is 266 g/mol. The van der Waals surface area contributed by atoms with Gasteiger partial charge in [0.05, 0.1) is 6.54 Å². The lowest BCUT2D eigenvalue weighted by atomic mass is 10.00. The Morgan fingerprint density at radius 3 is 2.62 bits per heavy atom. The third kappa shape index (κ3) is 4.72. The summed E-state index contributed by atoms with van der Waals surface area (Å²) in [7, 11) is 0. The van der Waals surface area contributed by atoms with E-state index in [1.54, 1.807) is 0 Å². The van der Waals surface area contributed by atoms with Gasteiger partial charge < -0.3 is 5.32 Å². The van der Waals surface area contributed by atoms with E-state index in [4.69, 9.17) is 0 Å². The van der Waals surface area contributed by atoms with Crippen molar-refractivity contribution in [3.05, 3.63) is 42.0 Å². The summed E-state index contributed by atoms with van der Waals surface area (Å²) in [4.78, 5) is 25.0. The first-order valence-electron chi connectivity index (χ1n) is 7.23. The van der Waals surface area contributed by atoms with E-state index in [9.17, 15) is 9.59 Å². The van der Waals surface area contributed by atoms with Crippen molar-refractivity contribution in [2.75, 3.05) is 26.2 Å². The van der Waals surface area contributed by atoms with Crippen LogP contribution in [0.3, 0.4) is 0 Å². The predicted molar refractivity (Wildman–Crippen MR) is 82.7 cm³/mol. The van der Waals surface area contributed by atoms with E-state index in [1.807, 2.05) is 30.0 Å². The number of carbonyl (C=O) groups is 2. The molecule has 1 aromatic rings. The standard InChI is InChI=1S/C16H21N3O2/c1-2-17-16(21)18-15(20)12-19-10-8-14(9-11-19)13-6-4-3-5-7-13/h3-8H,2,9-12H2,1H3,(H2,17,18,20,21). The molecule has 0 bridgehead atoms. The number of imide groups is 1. The van der Waals surface area contributed by atoms with Gasteiger partial charge in [-0.2, -0.15) is 0 Å². The minimum atomic E-state index is -0.431. The average molecular weight is 287 g/mol. The SMILES string of the molecule is CCNC(=O)NC(=O)CN1CC=C(c2ccccc2)CC1. The fourth-order valence-corrected chi connectivity index (χ4v) is 2.34. The molecule has 0 aliphatic carbocycles. The van der Waals surface area contributed by atoms with Crippen molar-refractivity contribution in [3.63, 3.8) is 0 Å². The van der Waals surface area contributed by atoms with E-state index in [-0.39, 0.29) is 12.5 Å². The first-order valence-corrected chi connectivity index (χ1v) is 7.23. The molecule has 2 N–H and O–H groups in total. The third-order valence-corrected chi connectivity index (χ3v) is 3.40. The number of urea groups is 1. The number of nitrogens with one attached hydrogen (secondary N) is 2. The molecule has 2 rings (SSSR count). The zero-order valence-corrected chi connectivity index (χ0v) is 12.3. The maximum atomic E-state index is 11.7. The molecule has 0 saturated heterocycles. The zero-order chi connectivity index (χ0) is 15.1. The lowest BCUT2D eigenvalue weighted by Crippen LogP contribution is -2.45. The maximum Gasteiger partial charge on any atom is 0.321 e. The van der Waals surface area contributed by atoms with E-state index in [0.717, 1.165) is 19.5 Å². The van der Waals surface area contributed by atoms with E-state index < -0.39 is 6.03 Å². The number of hydrogen-bond acceptors (Lipinski definition) is 3. The van der Waals surface area contributed by atoms with E-state index in [0.29, 0.717) is 6.54 Å². The van der Waals surface area contributed by atoms with Gasteiger partial charge in [0.25, 0.3) is 0 Å². The summed E-state index contributed by atoms with van der Waals surface area (Å²) in [6, 6.07) is 9.84. The van der Waals surface area contributed by atoms with Crippen LogP contribution in [0.4, 0.5) is 4.79 Å². The molecule has 0 spiro atoms. The van der Waals surface area contributed by atoms with Crippen molar-refractivity contribution in [2.45, 2.75) is 13.3 Å². The number of rotatable bonds is 4. The van der Waals surface area contributed by atoms with Gasteiger partial charge in [0.15, 0.2) is 0 Å². The fraction of sp³-hybridized carbons (Fsp3) is 0.375. The van der Waals surface area contributed by atoms with Gasteiger partial charge in [0.1, 0.15) is 0 Å². The quantitative estimate of drug-likeness (QED) is 0.884. The molecule has 21 heavy (non-hydrogen) atoms. The molecule has 1 aromatic carbocycles. The van der Waals surface area contributed by atoms with Crippen LogP contribution >= 0.6 is 0 Å². The molecule has 0 atom stereocenters. The van der Waals surface area contributed by atoms with Crippen LogP contribution in [-0.2, 0) is 4.79 Å². The highest BCUT2D eigenvalue weighted by Crippen LogP contribution is 2.21. The van der Waals surface area contributed by atoms with Gasteiger partial charge in [-0.1, -0.05) is 36.4 Å². The highest BCUT2D eigenvalue weighted by Gasteiger charge is 2.16. The van der Waals surface area contributed by atoms with Crippen molar-refractivity contribution in [2.24, 2.45) is 0 Å². The molecule has 1 aliphatic heterocycles. The summed E-state index contributed by atoms with van der Waals surface area (Å²) in [5, 5.41) is 4.86. The lowest BCUT2D eigenvalue weighted by molar-refractivity contribution is -0.121. The number of hydrogen-bond donors (Lipinski definition) is 2. The van der Waals surface area contributed by atoms with Crippen LogP contribution in [0.5, 0.6) is 0 Å². The fourth-order valence-electron chi connectivity index (χ4n) is 2.34. The molecule has 0 unspecified atom stereocenters. The molecule has 0 radical (unpaired) electrons. The summed E-state index contributed by atoms with van der Waals surface area (Å²) in [6.07, 6.45) is 3.07. The smallest absolute Gasteiger partial charge is 0.321 e. The van der Waals surface area contributed by atoms with Crippen LogP contribution in [0.25, 0.3) is 5.57 Å². The van der Waals surface area contributed by atoms with E-state index in [2.05, 4.69) is 28.8 Å². The van der Waals surface area contributed by atoms with Crippen molar-refractivity contribution in [1.82, 2.24) is 15.5 Å². The Labute approximate surface area is 125 Å². The molecule has 0 saturated carbocycles. The summed E-state index contributed by atoms with van der Waals surface area (Å²) in [5.41, 5.74) is 2.56. The number of nitrogens with zero attached hydrogens (tertiary/aromatic N) is 1. The van der Waals surface area contributed by atoms with Crippen LogP contribution in [0.2, 0.25) is 0 Å². The van der Waals surface area contributed by atoms with Crippen LogP contribution in [-0.4, -0.2) is 43.0 Å². The van der Waals surface area contributed by atoms with E-state index >= 15 is 0 Å². The van der Waals surface area contributed by atoms with Gasteiger partial charge in [-0.15, -0.1) is 0 Å². The number of benzene rings is 1. The highest BCUT2D eigenvalue weighted by atomic mass is 16.2. The first kappa shape index (κ1) is 15.3. The molecule has 1 heterocycles. The Morgan fingerprint density at radius 1 is 1.24 bits per heavy atom. The zero-order valence-electron chi connectivity index (χ0n) is 12.3. The Kier molecular flexibility index (Phi) is 5.51. The molecule has 0 aromatic heterocycles. The van der Waals surface area contributed by atoms with E-state index in [1.165, 1.54) is 11.1 Å². The minimum Gasteiger partial charge on any atom is -0.338 e. The molecule has 1 aliphatic rings. The second kappa shape index (κ2) is 7.59. The molecule has 112 valence electrons. The van der Waals surface area contributed by atoms with Gasteiger partial charge in [-0.3, -0.25) is 15.0 Å². The van der Waals surface area contributed by atoms with Gasteiger partial charge in [-0.25, -0.2) is 4.79 Å². The Hall–Kier alpha value is -2.14. The topological polar surface area (TPSA) is 61.4 Å². The average Bonchev–Trinajstić information content (AvgIpc) is 2.49. The molecular formula is C16H21N3O2. The lowest BCUT2D eigenvalue weighted by Gasteiger charge is -2.25. The summed E-state index contributed by atoms with van der Waals surface area (Å²) in [5.74, 6) is -0.266. The normalized spacial score (nSPS) is 15.2. The van der Waals surface area contributed by atoms with Crippen molar-refractivity contribution >= 4 is 17.5 Å². The summed E-state index contributed by atoms with van der Waals surface area (Å²) in [6.45, 7) is 4.11. The highest BCUT2D eigenvalue weighted by molar-refractivity contribution is 5.95. The van der Waals surface area contributed by atoms with Crippen LogP contribution in [0, 0.1) is 0 Å². The minimum absolute atomic E-state index is 0.246. The summed E-state index contributed by atoms with van der Waals surface area (Å²) >= 11 is 0. The third-order valence-electron chi connectivity index (χ3n) is 3.40. The molecule has 0 fully saturated rings. The number of carbonyl (C=O) groups excluding carboxylic acids is 2. The Balaban J connectivity index is 1.82. The second-order valence-corrected chi connectivity index (χ2v) is 4.99. The van der Waals surface area contributed by atoms with Crippen molar-refractivity contribution in [1.29, 1.82) is 0 Å². The molecule has 5 nitrogen and oxygen atoms in total. The number of amides is 3. The van der Waals surface area contributed by atoms with Crippen molar-refractivity contribution in [3.8, 4) is 0 Å². The van der Waals surface area contributed by atoms with Crippen LogP contribution in [0.1, 0.15) is 18.9 Å². The first-order chi connectivity index (χ1) is 10.2. The molecule has 3 amide bonds. The van der Waals surface area contributed by atoms with Crippen LogP contribution in [0.15, 0.2) is 36.4 Å². The second-order valence-electron chi connectivity index (χ2n) is 4.99. The predicted octanol–water partition coefficient (Wildman–Crippen LogP) is 1.62. The molecule has 5 heteroatoms. The van der Waals surface area contributed by atoms with Gasteiger partial charge in [0, 0.05) is 19.6 Å². The van der Waals surface area contributed by atoms with Gasteiger partial charge >= 0.3 is 6.03 Å². The summed E-state index contributed by atoms with van der Waals surface area (Å²) < 4.78 is 0. The largest absolute Gasteiger partial charge is 0.338 e. The van der Waals surface area contributed by atoms with Crippen molar-refractivity contribution < 1.29 is 9.59 Å². The van der Waals surface area contributed by atoms with Crippen LogP contribution < -0.4 is 10.6 Å². The maximum absolute atomic E-state index is 11.7. The Bertz CT molecular complexity index is 526. The Morgan fingerprint density at radius 2 is 2.00 bits per heavy atom. The monoisotopic (exact) mass is 287 g/mol. The van der Waals surface area contributed by atoms with Gasteiger partial charge in [0.2, 0.25) is 5.91 Å². The van der Waals surface area contributed by atoms with Gasteiger partial charge in [-0.05, 0) is 24.5 Å².